The number of aldehydes is 1. The van der Waals surface area contributed by atoms with E-state index in [1.54, 1.807) is 37.3 Å². The summed E-state index contributed by atoms with van der Waals surface area (Å²) in [6.45, 7) is 1.76. The van der Waals surface area contributed by atoms with Crippen LogP contribution in [0, 0.1) is 0 Å². The van der Waals surface area contributed by atoms with Crippen molar-refractivity contribution in [3.63, 3.8) is 0 Å². The van der Waals surface area contributed by atoms with E-state index in [4.69, 9.17) is 14.2 Å². The number of carbonyl (C=O) groups excluding carboxylic acids is 7. The number of methoxy groups -OCH3 is 2. The second-order valence-electron chi connectivity index (χ2n) is 15.7. The average Bonchev–Trinajstić information content (AvgIpc) is 3.78. The highest BCUT2D eigenvalue weighted by molar-refractivity contribution is 7.15. The summed E-state index contributed by atoms with van der Waals surface area (Å²) in [6, 6.07) is 8.92. The summed E-state index contributed by atoms with van der Waals surface area (Å²) >= 11 is 1.24. The second-order valence-corrected chi connectivity index (χ2v) is 16.7. The summed E-state index contributed by atoms with van der Waals surface area (Å²) in [5.41, 5.74) is 2.99. The molecular formula is C44H52N6O10S. The third-order valence-electron chi connectivity index (χ3n) is 10.8. The number of ether oxygens (including phenoxy) is 3. The van der Waals surface area contributed by atoms with Gasteiger partial charge in [0.1, 0.15) is 23.3 Å². The van der Waals surface area contributed by atoms with E-state index in [0.717, 1.165) is 27.9 Å². The van der Waals surface area contributed by atoms with Crippen LogP contribution in [0.15, 0.2) is 42.6 Å². The summed E-state index contributed by atoms with van der Waals surface area (Å²) in [4.78, 5) is 97.2. The maximum Gasteiger partial charge on any atom is 0.266 e. The lowest BCUT2D eigenvalue weighted by Crippen LogP contribution is -2.54. The van der Waals surface area contributed by atoms with Crippen LogP contribution in [0.2, 0.25) is 0 Å². The van der Waals surface area contributed by atoms with E-state index >= 15 is 0 Å². The number of benzene rings is 2. The van der Waals surface area contributed by atoms with Gasteiger partial charge < -0.3 is 34.2 Å². The molecule has 0 radical (unpaired) electrons. The van der Waals surface area contributed by atoms with Crippen LogP contribution in [0.5, 0.6) is 17.2 Å². The van der Waals surface area contributed by atoms with Crippen LogP contribution < -0.4 is 24.8 Å². The zero-order valence-electron chi connectivity index (χ0n) is 35.3. The van der Waals surface area contributed by atoms with E-state index in [-0.39, 0.29) is 54.2 Å². The van der Waals surface area contributed by atoms with Crippen molar-refractivity contribution in [2.75, 3.05) is 62.1 Å². The second kappa shape index (κ2) is 19.5. The van der Waals surface area contributed by atoms with Crippen molar-refractivity contribution in [1.29, 1.82) is 0 Å². The Morgan fingerprint density at radius 1 is 0.934 bits per heavy atom. The van der Waals surface area contributed by atoms with Gasteiger partial charge in [-0.1, -0.05) is 6.07 Å². The van der Waals surface area contributed by atoms with Crippen molar-refractivity contribution in [3.8, 4) is 17.2 Å². The van der Waals surface area contributed by atoms with E-state index in [0.29, 0.717) is 78.6 Å². The van der Waals surface area contributed by atoms with Crippen LogP contribution in [0.25, 0.3) is 5.57 Å². The fourth-order valence-electron chi connectivity index (χ4n) is 7.80. The van der Waals surface area contributed by atoms with E-state index in [1.807, 2.05) is 56.3 Å². The number of nitrogens with zero attached hydrogens (tertiary/aromatic N) is 4. The highest BCUT2D eigenvalue weighted by Gasteiger charge is 2.46. The lowest BCUT2D eigenvalue weighted by atomic mass is 9.99. The molecule has 6 rings (SSSR count). The molecule has 2 saturated heterocycles. The highest BCUT2D eigenvalue weighted by Crippen LogP contribution is 2.40. The molecule has 61 heavy (non-hydrogen) atoms. The minimum Gasteiger partial charge on any atom is -0.496 e. The van der Waals surface area contributed by atoms with Gasteiger partial charge in [-0.3, -0.25) is 43.8 Å². The van der Waals surface area contributed by atoms with E-state index in [2.05, 4.69) is 10.6 Å². The Kier molecular flexibility index (Phi) is 14.2. The number of amides is 6. The zero-order valence-corrected chi connectivity index (χ0v) is 36.1. The maximum absolute atomic E-state index is 13.6. The molecule has 3 aromatic rings. The normalized spacial score (nSPS) is 17.0. The molecule has 16 nitrogen and oxygen atoms in total. The van der Waals surface area contributed by atoms with Crippen LogP contribution in [-0.2, 0) is 20.9 Å². The van der Waals surface area contributed by atoms with Gasteiger partial charge in [0.25, 0.3) is 17.7 Å². The number of nitrogens with one attached hydrogen (secondary N) is 2. The molecule has 17 heteroatoms. The van der Waals surface area contributed by atoms with Crippen molar-refractivity contribution < 1.29 is 47.8 Å². The quantitative estimate of drug-likeness (QED) is 0.113. The smallest absolute Gasteiger partial charge is 0.266 e. The van der Waals surface area contributed by atoms with Gasteiger partial charge >= 0.3 is 0 Å². The number of rotatable bonds is 17. The maximum atomic E-state index is 13.6. The van der Waals surface area contributed by atoms with Crippen LogP contribution >= 0.6 is 11.3 Å². The summed E-state index contributed by atoms with van der Waals surface area (Å²) in [5.74, 6) is -1.17. The molecule has 1 unspecified atom stereocenters. The molecule has 1 atom stereocenters. The molecule has 2 N–H and O–H groups in total. The van der Waals surface area contributed by atoms with Crippen LogP contribution in [0.1, 0.15) is 102 Å². The largest absolute Gasteiger partial charge is 0.496 e. The average molecular weight is 857 g/mol. The first-order valence-electron chi connectivity index (χ1n) is 20.2. The highest BCUT2D eigenvalue weighted by atomic mass is 32.1. The van der Waals surface area contributed by atoms with Crippen molar-refractivity contribution >= 4 is 58.6 Å². The number of imide groups is 2. The molecule has 324 valence electrons. The number of fused-ring (bicyclic) bond motifs is 1. The molecule has 0 spiro atoms. The summed E-state index contributed by atoms with van der Waals surface area (Å²) in [6.07, 6.45) is 5.23. The van der Waals surface area contributed by atoms with Crippen LogP contribution in [0.4, 0.5) is 0 Å². The third kappa shape index (κ3) is 9.94. The number of likely N-dealkylation sites (tertiary alicyclic amines) is 1. The lowest BCUT2D eigenvalue weighted by Gasteiger charge is -2.32. The molecule has 0 bridgehead atoms. The molecule has 6 amide bonds. The van der Waals surface area contributed by atoms with Gasteiger partial charge in [-0.2, -0.15) is 0 Å². The van der Waals surface area contributed by atoms with Crippen LogP contribution in [-0.4, -0.2) is 136 Å². The van der Waals surface area contributed by atoms with Gasteiger partial charge in [0, 0.05) is 74.8 Å². The summed E-state index contributed by atoms with van der Waals surface area (Å²) in [7, 11) is 10.9. The molecule has 3 aliphatic heterocycles. The van der Waals surface area contributed by atoms with Gasteiger partial charge in [0.2, 0.25) is 17.7 Å². The fourth-order valence-corrected chi connectivity index (χ4v) is 8.86. The van der Waals surface area contributed by atoms with Gasteiger partial charge in [-0.15, -0.1) is 11.3 Å². The van der Waals surface area contributed by atoms with Crippen molar-refractivity contribution in [2.45, 2.75) is 63.6 Å². The molecular weight excluding hydrogens is 805 g/mol. The van der Waals surface area contributed by atoms with E-state index in [1.165, 1.54) is 17.4 Å². The minimum atomic E-state index is -1.07. The Bertz CT molecular complexity index is 2220. The van der Waals surface area contributed by atoms with Crippen molar-refractivity contribution in [2.24, 2.45) is 0 Å². The first kappa shape index (κ1) is 44.5. The van der Waals surface area contributed by atoms with Gasteiger partial charge in [-0.25, -0.2) is 0 Å². The Balaban J connectivity index is 1.00. The lowest BCUT2D eigenvalue weighted by molar-refractivity contribution is -0.136. The van der Waals surface area contributed by atoms with E-state index in [9.17, 15) is 33.6 Å². The Morgan fingerprint density at radius 2 is 1.64 bits per heavy atom. The van der Waals surface area contributed by atoms with Crippen molar-refractivity contribution in [3.05, 3.63) is 80.2 Å². The van der Waals surface area contributed by atoms with Gasteiger partial charge in [0.15, 0.2) is 6.29 Å². The van der Waals surface area contributed by atoms with Crippen LogP contribution in [0.3, 0.4) is 0 Å². The minimum absolute atomic E-state index is 0.00669. The van der Waals surface area contributed by atoms with E-state index < -0.39 is 29.7 Å². The molecule has 3 aliphatic rings. The predicted octanol–water partition coefficient (Wildman–Crippen LogP) is 3.96. The molecule has 2 fully saturated rings. The first-order chi connectivity index (χ1) is 29.2. The molecule has 2 aromatic carbocycles. The number of carbonyl (C=O) groups is 7. The van der Waals surface area contributed by atoms with Gasteiger partial charge in [-0.05, 0) is 82.1 Å². The number of unbranched alkanes of at least 4 members (excludes halogenated alkanes) is 1. The van der Waals surface area contributed by atoms with Crippen molar-refractivity contribution in [1.82, 2.24) is 30.2 Å². The third-order valence-corrected chi connectivity index (χ3v) is 12.0. The number of hydrogen-bond acceptors (Lipinski definition) is 13. The number of thiophene rings is 1. The summed E-state index contributed by atoms with van der Waals surface area (Å²) in [5, 5.41) is 5.30. The van der Waals surface area contributed by atoms with Gasteiger partial charge in [0.05, 0.1) is 42.4 Å². The monoisotopic (exact) mass is 856 g/mol. The fraction of sp³-hybridized carbons (Fsp3) is 0.432. The predicted molar refractivity (Wildman–Crippen MR) is 227 cm³/mol. The number of hydrogen-bond donors (Lipinski definition) is 2. The Labute approximate surface area is 358 Å². The zero-order chi connectivity index (χ0) is 44.0. The first-order valence-corrected chi connectivity index (χ1v) is 21.0. The summed E-state index contributed by atoms with van der Waals surface area (Å²) < 4.78 is 17.4. The number of piperidine rings is 2. The Morgan fingerprint density at radius 3 is 2.26 bits per heavy atom. The Hall–Kier alpha value is -6.07. The standard InChI is InChI=1S/C44H52N6O10S/c1-47(2)23-30(26-20-34(58-5)31(24-48(3)4)35(21-26)59-6)40-27(25-51)22-36(61-40)42(55)45-28-15-17-49(18-16-28)38(53)12-7-8-19-60-33-11-9-10-29-39(33)44(57)50(43(29)56)32-13-14-37(52)46-41(32)54/h9-11,20-23,25,28,32H,7-8,12-19,24H2,1-6H3,(H,45,55)(H,46,52,54)/b30-23-. The molecule has 1 aromatic heterocycles. The molecule has 0 aliphatic carbocycles. The molecule has 0 saturated carbocycles. The topological polar surface area (TPSA) is 184 Å². The SMILES string of the molecule is COc1cc(/C(=C/N(C)C)c2sc(C(=O)NC3CCN(C(=O)CCCCOc4cccc5c4C(=O)N(C4CCC(=O)NC4=O)C5=O)CC3)cc2C=O)cc(OC)c1CN(C)C. The molecule has 4 heterocycles.